The highest BCUT2D eigenvalue weighted by Gasteiger charge is 2.16. The van der Waals surface area contributed by atoms with Crippen molar-refractivity contribution < 1.29 is 28.6 Å². The minimum absolute atomic E-state index is 0.00966. The number of rotatable bonds is 21. The molecule has 0 rings (SSSR count). The molecular formula is C22H43O6PS. The van der Waals surface area contributed by atoms with Gasteiger partial charge in [-0.2, -0.15) is 0 Å². The number of esters is 1. The van der Waals surface area contributed by atoms with E-state index in [1.807, 2.05) is 0 Å². The van der Waals surface area contributed by atoms with Crippen molar-refractivity contribution in [1.82, 2.24) is 0 Å². The number of carbonyl (C=O) groups is 1. The quantitative estimate of drug-likeness (QED) is 0.0956. The Balaban J connectivity index is 3.47. The van der Waals surface area contributed by atoms with Gasteiger partial charge in [0.05, 0.1) is 6.61 Å². The Bertz CT molecular complexity index is 480. The first-order valence-corrected chi connectivity index (χ1v) is 14.0. The summed E-state index contributed by atoms with van der Waals surface area (Å²) in [5.74, 6) is -0.276. The first kappa shape index (κ1) is 29.7. The maximum atomic E-state index is 11.8. The monoisotopic (exact) mass is 466 g/mol. The van der Waals surface area contributed by atoms with Crippen molar-refractivity contribution in [3.05, 3.63) is 12.2 Å². The van der Waals surface area contributed by atoms with Crippen molar-refractivity contribution in [3.63, 3.8) is 0 Å². The van der Waals surface area contributed by atoms with Crippen molar-refractivity contribution >= 4 is 24.5 Å². The average Bonchev–Trinajstić information content (AvgIpc) is 2.70. The molecule has 0 spiro atoms. The van der Waals surface area contributed by atoms with Crippen LogP contribution in [0.3, 0.4) is 0 Å². The number of carbonyl (C=O) groups excluding carboxylic acids is 1. The van der Waals surface area contributed by atoms with Crippen LogP contribution in [0.4, 0.5) is 0 Å². The zero-order valence-corrected chi connectivity index (χ0v) is 20.6. The number of unbranched alkanes of at least 4 members (excludes halogenated alkanes) is 11. The lowest BCUT2D eigenvalue weighted by molar-refractivity contribution is -0.148. The van der Waals surface area contributed by atoms with E-state index < -0.39 is 12.8 Å². The molecule has 0 fully saturated rings. The molecular weight excluding hydrogens is 423 g/mol. The summed E-state index contributed by atoms with van der Waals surface area (Å²) in [7, 11) is 1.43. The largest absolute Gasteiger partial charge is 0.463 e. The van der Waals surface area contributed by atoms with Gasteiger partial charge in [-0.05, 0) is 43.9 Å². The van der Waals surface area contributed by atoms with Crippen LogP contribution >= 0.6 is 6.72 Å². The molecule has 178 valence electrons. The van der Waals surface area contributed by atoms with E-state index >= 15 is 0 Å². The molecule has 0 aliphatic rings. The van der Waals surface area contributed by atoms with Crippen molar-refractivity contribution in [2.75, 3.05) is 20.3 Å². The molecule has 1 unspecified atom stereocenters. The fourth-order valence-electron chi connectivity index (χ4n) is 2.96. The summed E-state index contributed by atoms with van der Waals surface area (Å²) in [6.45, 7) is -1.58. The van der Waals surface area contributed by atoms with Crippen LogP contribution in [-0.2, 0) is 30.6 Å². The van der Waals surface area contributed by atoms with Crippen LogP contribution in [0.25, 0.3) is 0 Å². The van der Waals surface area contributed by atoms with Gasteiger partial charge in [0.2, 0.25) is 0 Å². The molecule has 0 heterocycles. The lowest BCUT2D eigenvalue weighted by atomic mass is 10.1. The molecule has 0 saturated heterocycles. The first-order valence-electron chi connectivity index (χ1n) is 11.4. The standard InChI is InChI=1S/C22H43O6PS/c1-3-4-5-6-7-8-9-10-11-12-13-14-15-16-17-18-22(23)27-19-21(26-2)20-28-29(24,25)30/h10-11,21H,3-9,12-20H2,1-2H3,(H2,24,25,30)/b11-10-. The third kappa shape index (κ3) is 22.4. The van der Waals surface area contributed by atoms with E-state index in [2.05, 4.69) is 30.9 Å². The van der Waals surface area contributed by atoms with Gasteiger partial charge in [-0.25, -0.2) is 0 Å². The highest BCUT2D eigenvalue weighted by molar-refractivity contribution is 8.06. The predicted octanol–water partition coefficient (Wildman–Crippen LogP) is 5.81. The highest BCUT2D eigenvalue weighted by atomic mass is 32.5. The summed E-state index contributed by atoms with van der Waals surface area (Å²) in [5, 5.41) is 0. The van der Waals surface area contributed by atoms with Crippen molar-refractivity contribution in [2.45, 2.75) is 103 Å². The first-order chi connectivity index (χ1) is 14.4. The third-order valence-corrected chi connectivity index (χ3v) is 5.64. The second kappa shape index (κ2) is 20.6. The molecule has 2 N–H and O–H groups in total. The Labute approximate surface area is 188 Å². The molecule has 0 aliphatic carbocycles. The highest BCUT2D eigenvalue weighted by Crippen LogP contribution is 2.36. The van der Waals surface area contributed by atoms with Crippen LogP contribution in [0.5, 0.6) is 0 Å². The number of ether oxygens (including phenoxy) is 2. The van der Waals surface area contributed by atoms with Crippen LogP contribution in [0, 0.1) is 0 Å². The fraction of sp³-hybridized carbons (Fsp3) is 0.864. The minimum atomic E-state index is -3.72. The van der Waals surface area contributed by atoms with Crippen LogP contribution < -0.4 is 0 Å². The number of hydrogen-bond donors (Lipinski definition) is 2. The fourth-order valence-corrected chi connectivity index (χ4v) is 3.51. The summed E-state index contributed by atoms with van der Waals surface area (Å²) in [6.07, 6.45) is 20.3. The van der Waals surface area contributed by atoms with Gasteiger partial charge in [0.15, 0.2) is 0 Å². The molecule has 0 radical (unpaired) electrons. The van der Waals surface area contributed by atoms with Gasteiger partial charge >= 0.3 is 12.7 Å². The average molecular weight is 467 g/mol. The molecule has 0 saturated carbocycles. The van der Waals surface area contributed by atoms with E-state index in [1.54, 1.807) is 0 Å². The molecule has 0 aromatic rings. The lowest BCUT2D eigenvalue weighted by Crippen LogP contribution is -2.25. The van der Waals surface area contributed by atoms with E-state index in [9.17, 15) is 4.79 Å². The van der Waals surface area contributed by atoms with Crippen molar-refractivity contribution in [3.8, 4) is 0 Å². The van der Waals surface area contributed by atoms with E-state index in [4.69, 9.17) is 23.8 Å². The van der Waals surface area contributed by atoms with Crippen LogP contribution in [0.1, 0.15) is 96.8 Å². The second-order valence-electron chi connectivity index (χ2n) is 7.66. The molecule has 6 nitrogen and oxygen atoms in total. The van der Waals surface area contributed by atoms with Gasteiger partial charge < -0.3 is 23.8 Å². The van der Waals surface area contributed by atoms with Gasteiger partial charge in [-0.1, -0.05) is 70.4 Å². The van der Waals surface area contributed by atoms with Gasteiger partial charge in [-0.3, -0.25) is 4.79 Å². The van der Waals surface area contributed by atoms with Gasteiger partial charge in [0.1, 0.15) is 12.7 Å². The van der Waals surface area contributed by atoms with Crippen LogP contribution in [0.15, 0.2) is 12.2 Å². The molecule has 0 aromatic carbocycles. The maximum absolute atomic E-state index is 11.8. The Kier molecular flexibility index (Phi) is 20.4. The van der Waals surface area contributed by atoms with E-state index in [0.717, 1.165) is 25.7 Å². The second-order valence-corrected chi connectivity index (χ2v) is 10.3. The predicted molar refractivity (Wildman–Crippen MR) is 126 cm³/mol. The van der Waals surface area contributed by atoms with Gasteiger partial charge in [-0.15, -0.1) is 0 Å². The summed E-state index contributed by atoms with van der Waals surface area (Å²) >= 11 is 4.37. The molecule has 0 aromatic heterocycles. The van der Waals surface area contributed by atoms with E-state index in [-0.39, 0.29) is 19.2 Å². The van der Waals surface area contributed by atoms with E-state index in [0.29, 0.717) is 6.42 Å². The summed E-state index contributed by atoms with van der Waals surface area (Å²) in [6, 6.07) is 0. The van der Waals surface area contributed by atoms with Gasteiger partial charge in [0, 0.05) is 13.5 Å². The Morgan fingerprint density at radius 3 is 1.97 bits per heavy atom. The number of methoxy groups -OCH3 is 1. The molecule has 30 heavy (non-hydrogen) atoms. The third-order valence-electron chi connectivity index (χ3n) is 4.83. The Morgan fingerprint density at radius 1 is 0.900 bits per heavy atom. The van der Waals surface area contributed by atoms with Crippen molar-refractivity contribution in [1.29, 1.82) is 0 Å². The maximum Gasteiger partial charge on any atom is 0.321 e. The molecule has 0 aliphatic heterocycles. The SMILES string of the molecule is CCCCCCCC/C=C\CCCCCCCC(=O)OCC(COP(O)(O)=S)OC. The van der Waals surface area contributed by atoms with Crippen molar-refractivity contribution in [2.24, 2.45) is 0 Å². The molecule has 8 heteroatoms. The zero-order valence-electron chi connectivity index (χ0n) is 18.9. The topological polar surface area (TPSA) is 85.2 Å². The zero-order chi connectivity index (χ0) is 22.5. The number of allylic oxidation sites excluding steroid dienone is 2. The summed E-state index contributed by atoms with van der Waals surface area (Å²) in [4.78, 5) is 29.8. The lowest BCUT2D eigenvalue weighted by Gasteiger charge is -2.17. The summed E-state index contributed by atoms with van der Waals surface area (Å²) in [5.41, 5.74) is 0. The Hall–Kier alpha value is -0.300. The molecule has 1 atom stereocenters. The minimum Gasteiger partial charge on any atom is -0.463 e. The van der Waals surface area contributed by atoms with E-state index in [1.165, 1.54) is 64.9 Å². The Morgan fingerprint density at radius 2 is 1.43 bits per heavy atom. The van der Waals surface area contributed by atoms with Gasteiger partial charge in [0.25, 0.3) is 0 Å². The number of hydrogen-bond acceptors (Lipinski definition) is 5. The normalized spacial score (nSPS) is 13.1. The van der Waals surface area contributed by atoms with Crippen LogP contribution in [-0.4, -0.2) is 42.2 Å². The van der Waals surface area contributed by atoms with Crippen LogP contribution in [0.2, 0.25) is 0 Å². The smallest absolute Gasteiger partial charge is 0.321 e. The molecule has 0 bridgehead atoms. The summed E-state index contributed by atoms with van der Waals surface area (Å²) < 4.78 is 14.9. The molecule has 0 amide bonds.